The maximum atomic E-state index is 3.73. The molecule has 106 valence electrons. The second-order valence-corrected chi connectivity index (χ2v) is 6.28. The molecule has 2 unspecified atom stereocenters. The van der Waals surface area contributed by atoms with E-state index in [4.69, 9.17) is 0 Å². The molecule has 0 saturated carbocycles. The Bertz CT molecular complexity index is 394. The summed E-state index contributed by atoms with van der Waals surface area (Å²) in [5.74, 6) is 0.767. The van der Waals surface area contributed by atoms with Crippen LogP contribution in [0.5, 0.6) is 0 Å². The summed E-state index contributed by atoms with van der Waals surface area (Å²) in [6, 6.07) is 9.17. The van der Waals surface area contributed by atoms with E-state index in [1.165, 1.54) is 43.1 Å². The van der Waals surface area contributed by atoms with Gasteiger partial charge in [0.2, 0.25) is 0 Å². The number of hydrogen-bond donors (Lipinski definition) is 1. The third kappa shape index (κ3) is 3.90. The monoisotopic (exact) mass is 278 g/mol. The van der Waals surface area contributed by atoms with Crippen LogP contribution >= 0.6 is 11.8 Å². The highest BCUT2D eigenvalue weighted by Gasteiger charge is 2.24. The highest BCUT2D eigenvalue weighted by atomic mass is 32.2. The number of nitrogens with zero attached hydrogens (tertiary/aromatic N) is 1. The molecule has 1 fully saturated rings. The number of nitrogens with one attached hydrogen (secondary N) is 1. The standard InChI is InChI=1S/C16H26N2S/c1-4-18-11-7-8-14(12-18)13(2)17-15-9-5-6-10-16(15)19-3/h5-6,9-10,13-14,17H,4,7-8,11-12H2,1-3H3. The molecular weight excluding hydrogens is 252 g/mol. The summed E-state index contributed by atoms with van der Waals surface area (Å²) in [5, 5.41) is 3.73. The number of likely N-dealkylation sites (tertiary alicyclic amines) is 1. The average molecular weight is 278 g/mol. The summed E-state index contributed by atoms with van der Waals surface area (Å²) in [4.78, 5) is 3.92. The summed E-state index contributed by atoms with van der Waals surface area (Å²) < 4.78 is 0. The normalized spacial score (nSPS) is 22.2. The molecule has 1 aliphatic rings. The van der Waals surface area contributed by atoms with Crippen molar-refractivity contribution < 1.29 is 0 Å². The molecule has 1 saturated heterocycles. The van der Waals surface area contributed by atoms with Gasteiger partial charge < -0.3 is 10.2 Å². The van der Waals surface area contributed by atoms with Gasteiger partial charge in [-0.2, -0.15) is 0 Å². The molecule has 1 aromatic rings. The zero-order valence-corrected chi connectivity index (χ0v) is 13.2. The lowest BCUT2D eigenvalue weighted by Gasteiger charge is -2.36. The van der Waals surface area contributed by atoms with E-state index in [1.54, 1.807) is 0 Å². The SMILES string of the molecule is CCN1CCCC(C(C)Nc2ccccc2SC)C1. The van der Waals surface area contributed by atoms with Gasteiger partial charge in [-0.05, 0) is 57.2 Å². The number of para-hydroxylation sites is 1. The van der Waals surface area contributed by atoms with Gasteiger partial charge in [-0.25, -0.2) is 0 Å². The summed E-state index contributed by atoms with van der Waals surface area (Å²) in [6.07, 6.45) is 4.84. The number of rotatable bonds is 5. The van der Waals surface area contributed by atoms with Crippen LogP contribution in [-0.4, -0.2) is 36.8 Å². The summed E-state index contributed by atoms with van der Waals surface area (Å²) in [6.45, 7) is 8.31. The van der Waals surface area contributed by atoms with Crippen molar-refractivity contribution in [2.45, 2.75) is 37.6 Å². The van der Waals surface area contributed by atoms with Crippen LogP contribution < -0.4 is 5.32 Å². The van der Waals surface area contributed by atoms with Crippen LogP contribution in [0.15, 0.2) is 29.2 Å². The van der Waals surface area contributed by atoms with Gasteiger partial charge in [0.15, 0.2) is 0 Å². The number of thioether (sulfide) groups is 1. The van der Waals surface area contributed by atoms with E-state index in [2.05, 4.69) is 54.6 Å². The topological polar surface area (TPSA) is 15.3 Å². The highest BCUT2D eigenvalue weighted by molar-refractivity contribution is 7.98. The molecule has 3 heteroatoms. The lowest BCUT2D eigenvalue weighted by Crippen LogP contribution is -2.41. The second-order valence-electron chi connectivity index (χ2n) is 5.43. The maximum absolute atomic E-state index is 3.73. The molecule has 2 rings (SSSR count). The van der Waals surface area contributed by atoms with Crippen molar-refractivity contribution in [2.75, 3.05) is 31.2 Å². The Kier molecular flexibility index (Phi) is 5.59. The predicted octanol–water partition coefficient (Wildman–Crippen LogP) is 3.94. The summed E-state index contributed by atoms with van der Waals surface area (Å²) in [5.41, 5.74) is 1.29. The van der Waals surface area contributed by atoms with E-state index < -0.39 is 0 Å². The van der Waals surface area contributed by atoms with Crippen molar-refractivity contribution in [1.29, 1.82) is 0 Å². The highest BCUT2D eigenvalue weighted by Crippen LogP contribution is 2.28. The van der Waals surface area contributed by atoms with Crippen molar-refractivity contribution in [3.63, 3.8) is 0 Å². The van der Waals surface area contributed by atoms with Crippen LogP contribution in [-0.2, 0) is 0 Å². The number of hydrogen-bond acceptors (Lipinski definition) is 3. The van der Waals surface area contributed by atoms with Crippen LogP contribution in [0.1, 0.15) is 26.7 Å². The van der Waals surface area contributed by atoms with Gasteiger partial charge in [0.1, 0.15) is 0 Å². The first-order valence-electron chi connectivity index (χ1n) is 7.36. The molecule has 1 N–H and O–H groups in total. The third-order valence-corrected chi connectivity index (χ3v) is 4.98. The van der Waals surface area contributed by atoms with Crippen LogP contribution in [0.4, 0.5) is 5.69 Å². The van der Waals surface area contributed by atoms with Crippen LogP contribution in [0, 0.1) is 5.92 Å². The molecule has 0 amide bonds. The molecule has 0 aromatic heterocycles. The van der Waals surface area contributed by atoms with Gasteiger partial charge in [0.25, 0.3) is 0 Å². The minimum Gasteiger partial charge on any atom is -0.381 e. The zero-order chi connectivity index (χ0) is 13.7. The van der Waals surface area contributed by atoms with Crippen molar-refractivity contribution in [2.24, 2.45) is 5.92 Å². The molecular formula is C16H26N2S. The summed E-state index contributed by atoms with van der Waals surface area (Å²) in [7, 11) is 0. The minimum atomic E-state index is 0.544. The molecule has 0 spiro atoms. The molecule has 0 aliphatic carbocycles. The first-order valence-corrected chi connectivity index (χ1v) is 8.59. The molecule has 1 heterocycles. The third-order valence-electron chi connectivity index (χ3n) is 4.19. The molecule has 2 atom stereocenters. The lowest BCUT2D eigenvalue weighted by molar-refractivity contribution is 0.172. The zero-order valence-electron chi connectivity index (χ0n) is 12.4. The largest absolute Gasteiger partial charge is 0.381 e. The predicted molar refractivity (Wildman–Crippen MR) is 86.1 cm³/mol. The Balaban J connectivity index is 1.98. The molecule has 19 heavy (non-hydrogen) atoms. The van der Waals surface area contributed by atoms with Gasteiger partial charge >= 0.3 is 0 Å². The average Bonchev–Trinajstić information content (AvgIpc) is 2.47. The van der Waals surface area contributed by atoms with Crippen LogP contribution in [0.25, 0.3) is 0 Å². The fourth-order valence-electron chi connectivity index (χ4n) is 2.91. The van der Waals surface area contributed by atoms with E-state index in [9.17, 15) is 0 Å². The summed E-state index contributed by atoms with van der Waals surface area (Å²) >= 11 is 1.82. The van der Waals surface area contributed by atoms with E-state index in [0.717, 1.165) is 5.92 Å². The smallest absolute Gasteiger partial charge is 0.0480 e. The minimum absolute atomic E-state index is 0.544. The molecule has 1 aromatic carbocycles. The van der Waals surface area contributed by atoms with Gasteiger partial charge in [0, 0.05) is 23.2 Å². The number of piperidine rings is 1. The van der Waals surface area contributed by atoms with E-state index in [-0.39, 0.29) is 0 Å². The fourth-order valence-corrected chi connectivity index (χ4v) is 3.48. The molecule has 0 bridgehead atoms. The van der Waals surface area contributed by atoms with Gasteiger partial charge in [-0.1, -0.05) is 19.1 Å². The van der Waals surface area contributed by atoms with Crippen molar-refractivity contribution in [3.8, 4) is 0 Å². The molecule has 1 aliphatic heterocycles. The maximum Gasteiger partial charge on any atom is 0.0480 e. The van der Waals surface area contributed by atoms with Crippen LogP contribution in [0.3, 0.4) is 0 Å². The Morgan fingerprint density at radius 1 is 1.42 bits per heavy atom. The Morgan fingerprint density at radius 3 is 2.95 bits per heavy atom. The lowest BCUT2D eigenvalue weighted by atomic mass is 9.91. The first-order chi connectivity index (χ1) is 9.24. The van der Waals surface area contributed by atoms with E-state index >= 15 is 0 Å². The quantitative estimate of drug-likeness (QED) is 0.821. The van der Waals surface area contributed by atoms with E-state index in [1.807, 2.05) is 11.8 Å². The first kappa shape index (κ1) is 14.7. The van der Waals surface area contributed by atoms with E-state index in [0.29, 0.717) is 6.04 Å². The number of benzene rings is 1. The molecule has 2 nitrogen and oxygen atoms in total. The Hall–Kier alpha value is -0.670. The number of anilines is 1. The van der Waals surface area contributed by atoms with Gasteiger partial charge in [0.05, 0.1) is 0 Å². The Morgan fingerprint density at radius 2 is 2.21 bits per heavy atom. The molecule has 0 radical (unpaired) electrons. The van der Waals surface area contributed by atoms with Crippen molar-refractivity contribution in [3.05, 3.63) is 24.3 Å². The van der Waals surface area contributed by atoms with Gasteiger partial charge in [-0.15, -0.1) is 11.8 Å². The second kappa shape index (κ2) is 7.20. The fraction of sp³-hybridized carbons (Fsp3) is 0.625. The van der Waals surface area contributed by atoms with Crippen LogP contribution in [0.2, 0.25) is 0 Å². The Labute approximate surface area is 122 Å². The van der Waals surface area contributed by atoms with Crippen molar-refractivity contribution >= 4 is 17.4 Å². The van der Waals surface area contributed by atoms with Crippen molar-refractivity contribution in [1.82, 2.24) is 4.90 Å². The van der Waals surface area contributed by atoms with Gasteiger partial charge in [-0.3, -0.25) is 0 Å².